The van der Waals surface area contributed by atoms with Crippen LogP contribution >= 0.6 is 11.3 Å². The second-order valence-corrected chi connectivity index (χ2v) is 10.9. The van der Waals surface area contributed by atoms with Gasteiger partial charge in [-0.1, -0.05) is 25.5 Å². The van der Waals surface area contributed by atoms with Crippen LogP contribution in [0.1, 0.15) is 34.3 Å². The zero-order valence-corrected chi connectivity index (χ0v) is 22.8. The molecule has 2 aliphatic rings. The average molecular weight is 536 g/mol. The number of fused-ring (bicyclic) bond motifs is 1. The van der Waals surface area contributed by atoms with Crippen molar-refractivity contribution in [2.24, 2.45) is 0 Å². The second kappa shape index (κ2) is 12.1. The van der Waals surface area contributed by atoms with E-state index in [1.807, 2.05) is 17.0 Å². The fourth-order valence-electron chi connectivity index (χ4n) is 5.13. The van der Waals surface area contributed by atoms with E-state index < -0.39 is 0 Å². The number of amides is 2. The van der Waals surface area contributed by atoms with Gasteiger partial charge in [0.1, 0.15) is 15.7 Å². The van der Waals surface area contributed by atoms with Crippen LogP contribution in [-0.2, 0) is 17.6 Å². The molecule has 2 saturated heterocycles. The second-order valence-electron chi connectivity index (χ2n) is 9.95. The van der Waals surface area contributed by atoms with Gasteiger partial charge in [-0.3, -0.25) is 9.59 Å². The Morgan fingerprint density at radius 2 is 1.87 bits per heavy atom. The first-order chi connectivity index (χ1) is 18.5. The van der Waals surface area contributed by atoms with Crippen LogP contribution < -0.4 is 26.6 Å². The van der Waals surface area contributed by atoms with E-state index in [2.05, 4.69) is 57.0 Å². The van der Waals surface area contributed by atoms with Gasteiger partial charge in [-0.25, -0.2) is 4.98 Å². The van der Waals surface area contributed by atoms with Gasteiger partial charge >= 0.3 is 0 Å². The van der Waals surface area contributed by atoms with E-state index in [0.717, 1.165) is 85.7 Å². The van der Waals surface area contributed by atoms with E-state index in [-0.39, 0.29) is 17.9 Å². The number of carbonyl (C=O) groups is 2. The molecule has 0 radical (unpaired) electrons. The summed E-state index contributed by atoms with van der Waals surface area (Å²) < 4.78 is 0. The van der Waals surface area contributed by atoms with Gasteiger partial charge in [-0.05, 0) is 42.7 Å². The third kappa shape index (κ3) is 5.92. The zero-order valence-electron chi connectivity index (χ0n) is 22.0. The first-order valence-electron chi connectivity index (χ1n) is 13.6. The lowest BCUT2D eigenvalue weighted by Gasteiger charge is -2.38. The van der Waals surface area contributed by atoms with E-state index in [1.54, 1.807) is 0 Å². The molecule has 1 aromatic carbocycles. The molecule has 202 valence electrons. The molecule has 0 bridgehead atoms. The number of carbonyl (C=O) groups excluding carboxylic acids is 2. The lowest BCUT2D eigenvalue weighted by Crippen LogP contribution is -2.60. The zero-order chi connectivity index (χ0) is 26.5. The number of thiophene rings is 1. The summed E-state index contributed by atoms with van der Waals surface area (Å²) in [5, 5.41) is 10.6. The molecule has 2 amide bonds. The van der Waals surface area contributed by atoms with Crippen LogP contribution in [0.15, 0.2) is 36.4 Å². The summed E-state index contributed by atoms with van der Waals surface area (Å²) in [6.45, 7) is 8.23. The van der Waals surface area contributed by atoms with Gasteiger partial charge in [0.15, 0.2) is 0 Å². The van der Waals surface area contributed by atoms with Gasteiger partial charge in [-0.2, -0.15) is 0 Å². The van der Waals surface area contributed by atoms with Crippen LogP contribution in [0.5, 0.6) is 0 Å². The summed E-state index contributed by atoms with van der Waals surface area (Å²) in [6.07, 6.45) is 2.67. The lowest BCUT2D eigenvalue weighted by atomic mass is 10.1. The van der Waals surface area contributed by atoms with Crippen molar-refractivity contribution in [3.05, 3.63) is 52.5 Å². The number of nitrogen functional groups attached to an aromatic ring is 1. The molecule has 10 heteroatoms. The van der Waals surface area contributed by atoms with Crippen LogP contribution in [0.4, 0.5) is 11.4 Å². The number of nitrogens with two attached hydrogens (primary N) is 1. The van der Waals surface area contributed by atoms with Crippen LogP contribution in [-0.4, -0.2) is 80.1 Å². The van der Waals surface area contributed by atoms with Gasteiger partial charge < -0.3 is 31.5 Å². The number of hydrogen-bond acceptors (Lipinski definition) is 8. The summed E-state index contributed by atoms with van der Waals surface area (Å²) in [7, 11) is 0. The van der Waals surface area contributed by atoms with Gasteiger partial charge in [0.2, 0.25) is 5.91 Å². The van der Waals surface area contributed by atoms with Crippen LogP contribution in [0.25, 0.3) is 10.2 Å². The van der Waals surface area contributed by atoms with E-state index in [4.69, 9.17) is 5.73 Å². The van der Waals surface area contributed by atoms with E-state index in [1.165, 1.54) is 11.3 Å². The minimum atomic E-state index is -0.175. The molecule has 2 fully saturated rings. The number of hydrogen-bond donors (Lipinski definition) is 4. The van der Waals surface area contributed by atoms with Crippen molar-refractivity contribution >= 4 is 44.7 Å². The average Bonchev–Trinajstić information content (AvgIpc) is 3.29. The van der Waals surface area contributed by atoms with Crippen molar-refractivity contribution in [1.29, 1.82) is 0 Å². The highest BCUT2D eigenvalue weighted by Crippen LogP contribution is 2.32. The molecule has 3 aromatic rings. The number of benzene rings is 1. The molecule has 2 aliphatic heterocycles. The minimum absolute atomic E-state index is 0.153. The summed E-state index contributed by atoms with van der Waals surface area (Å²) in [4.78, 5) is 36.0. The largest absolute Gasteiger partial charge is 0.397 e. The normalized spacial score (nSPS) is 18.1. The lowest BCUT2D eigenvalue weighted by molar-refractivity contribution is -0.134. The van der Waals surface area contributed by atoms with E-state index in [9.17, 15) is 9.59 Å². The Morgan fingerprint density at radius 1 is 1.08 bits per heavy atom. The molecule has 0 spiro atoms. The highest BCUT2D eigenvalue weighted by molar-refractivity contribution is 7.21. The predicted molar refractivity (Wildman–Crippen MR) is 154 cm³/mol. The molecular formula is C28H37N7O2S. The SMILES string of the molecule is CCCc1ccc2c(N)c(C(=O)NCCc3ccc(N4CCN[C@H](C(=O)N5CCNCC5)C4)cc3)sc2n1. The highest BCUT2D eigenvalue weighted by Gasteiger charge is 2.29. The van der Waals surface area contributed by atoms with Gasteiger partial charge in [0, 0.05) is 69.1 Å². The number of pyridine rings is 1. The maximum atomic E-state index is 12.9. The molecule has 4 heterocycles. The van der Waals surface area contributed by atoms with Crippen LogP contribution in [0.2, 0.25) is 0 Å². The number of nitrogens with one attached hydrogen (secondary N) is 3. The molecule has 9 nitrogen and oxygen atoms in total. The number of nitrogens with zero attached hydrogens (tertiary/aromatic N) is 3. The molecule has 2 aromatic heterocycles. The summed E-state index contributed by atoms with van der Waals surface area (Å²) in [5.41, 5.74) is 10.1. The van der Waals surface area contributed by atoms with Crippen molar-refractivity contribution < 1.29 is 9.59 Å². The fraction of sp³-hybridized carbons (Fsp3) is 0.464. The Hall–Kier alpha value is -3.21. The Kier molecular flexibility index (Phi) is 8.41. The highest BCUT2D eigenvalue weighted by atomic mass is 32.1. The molecule has 38 heavy (non-hydrogen) atoms. The quantitative estimate of drug-likeness (QED) is 0.349. The number of aryl methyl sites for hydroxylation is 1. The topological polar surface area (TPSA) is 116 Å². The van der Waals surface area contributed by atoms with Crippen molar-refractivity contribution in [2.75, 3.05) is 63.0 Å². The van der Waals surface area contributed by atoms with E-state index in [0.29, 0.717) is 23.7 Å². The molecule has 0 aliphatic carbocycles. The third-order valence-corrected chi connectivity index (χ3v) is 8.38. The van der Waals surface area contributed by atoms with Gasteiger partial charge in [0.05, 0.1) is 5.69 Å². The van der Waals surface area contributed by atoms with Crippen LogP contribution in [0, 0.1) is 0 Å². The predicted octanol–water partition coefficient (Wildman–Crippen LogP) is 2.01. The van der Waals surface area contributed by atoms with Crippen molar-refractivity contribution in [2.45, 2.75) is 32.2 Å². The standard InChI is InChI=1S/C28H37N7O2S/c1-2-3-20-6-9-22-24(29)25(38-27(22)33-20)26(36)32-11-10-19-4-7-21(8-5-19)35-17-14-31-23(18-35)28(37)34-15-12-30-13-16-34/h4-9,23,30-31H,2-3,10-18,29H2,1H3,(H,32,36)/t23-/m0/s1. The number of piperazine rings is 2. The Bertz CT molecular complexity index is 1270. The molecule has 0 saturated carbocycles. The van der Waals surface area contributed by atoms with Crippen molar-refractivity contribution in [1.82, 2.24) is 25.8 Å². The fourth-order valence-corrected chi connectivity index (χ4v) is 6.16. The minimum Gasteiger partial charge on any atom is -0.397 e. The maximum absolute atomic E-state index is 12.9. The smallest absolute Gasteiger partial charge is 0.263 e. The number of anilines is 2. The monoisotopic (exact) mass is 535 g/mol. The first kappa shape index (κ1) is 26.4. The number of aromatic nitrogens is 1. The van der Waals surface area contributed by atoms with E-state index >= 15 is 0 Å². The summed E-state index contributed by atoms with van der Waals surface area (Å²) >= 11 is 1.36. The van der Waals surface area contributed by atoms with Gasteiger partial charge in [0.25, 0.3) is 5.91 Å². The third-order valence-electron chi connectivity index (χ3n) is 7.27. The number of rotatable bonds is 8. The molecule has 0 unspecified atom stereocenters. The van der Waals surface area contributed by atoms with Crippen LogP contribution in [0.3, 0.4) is 0 Å². The Labute approximate surface area is 227 Å². The van der Waals surface area contributed by atoms with Crippen molar-refractivity contribution in [3.63, 3.8) is 0 Å². The van der Waals surface area contributed by atoms with Gasteiger partial charge in [-0.15, -0.1) is 11.3 Å². The molecular weight excluding hydrogens is 498 g/mol. The van der Waals surface area contributed by atoms with Crippen molar-refractivity contribution in [3.8, 4) is 0 Å². The summed E-state index contributed by atoms with van der Waals surface area (Å²) in [6, 6.07) is 12.2. The molecule has 1 atom stereocenters. The Balaban J connectivity index is 1.13. The first-order valence-corrected chi connectivity index (χ1v) is 14.4. The molecule has 5 rings (SSSR count). The Morgan fingerprint density at radius 3 is 2.63 bits per heavy atom. The molecule has 5 N–H and O–H groups in total. The maximum Gasteiger partial charge on any atom is 0.263 e. The summed E-state index contributed by atoms with van der Waals surface area (Å²) in [5.74, 6) is 0.0418.